The number of aryl methyl sites for hydroxylation is 1. The van der Waals surface area contributed by atoms with E-state index < -0.39 is 0 Å². The molecule has 1 amide bonds. The van der Waals surface area contributed by atoms with E-state index in [1.165, 1.54) is 16.9 Å². The van der Waals surface area contributed by atoms with Gasteiger partial charge < -0.3 is 9.64 Å². The number of likely N-dealkylation sites (N-methyl/N-ethyl adjacent to an activating group) is 1. The summed E-state index contributed by atoms with van der Waals surface area (Å²) in [5.74, 6) is 0.902. The van der Waals surface area contributed by atoms with Gasteiger partial charge in [0.15, 0.2) is 5.13 Å². The van der Waals surface area contributed by atoms with Crippen LogP contribution in [0.1, 0.15) is 12.0 Å². The monoisotopic (exact) mass is 383 g/mol. The van der Waals surface area contributed by atoms with Gasteiger partial charge in [-0.1, -0.05) is 41.7 Å². The molecule has 27 heavy (non-hydrogen) atoms. The molecule has 0 radical (unpaired) electrons. The predicted octanol–water partition coefficient (Wildman–Crippen LogP) is 3.83. The molecular weight excluding hydrogens is 358 g/mol. The van der Waals surface area contributed by atoms with Crippen LogP contribution in [0.5, 0.6) is 5.75 Å². The number of anilines is 1. The topological polar surface area (TPSA) is 45.7 Å². The summed E-state index contributed by atoms with van der Waals surface area (Å²) in [5, 5.41) is 0.748. The molecule has 0 bridgehead atoms. The van der Waals surface area contributed by atoms with Gasteiger partial charge in [-0.3, -0.25) is 9.69 Å². The molecule has 0 saturated heterocycles. The zero-order valence-corrected chi connectivity index (χ0v) is 16.8. The van der Waals surface area contributed by atoms with Gasteiger partial charge in [0.2, 0.25) is 5.91 Å². The van der Waals surface area contributed by atoms with Crippen LogP contribution in [-0.2, 0) is 11.2 Å². The average Bonchev–Trinajstić information content (AvgIpc) is 3.09. The molecule has 0 spiro atoms. The Balaban J connectivity index is 1.80. The molecule has 0 N–H and O–H groups in total. The van der Waals surface area contributed by atoms with E-state index in [2.05, 4.69) is 17.0 Å². The van der Waals surface area contributed by atoms with Crippen LogP contribution in [0.15, 0.2) is 48.5 Å². The quantitative estimate of drug-likeness (QED) is 0.593. The molecule has 0 fully saturated rings. The van der Waals surface area contributed by atoms with E-state index >= 15 is 0 Å². The fraction of sp³-hybridized carbons (Fsp3) is 0.333. The van der Waals surface area contributed by atoms with E-state index in [1.54, 1.807) is 7.11 Å². The van der Waals surface area contributed by atoms with Gasteiger partial charge in [-0.25, -0.2) is 4.98 Å². The Morgan fingerprint density at radius 3 is 2.59 bits per heavy atom. The number of carbonyl (C=O) groups is 1. The van der Waals surface area contributed by atoms with Crippen molar-refractivity contribution in [3.05, 3.63) is 54.1 Å². The summed E-state index contributed by atoms with van der Waals surface area (Å²) in [6, 6.07) is 15.9. The number of amides is 1. The van der Waals surface area contributed by atoms with Gasteiger partial charge in [-0.15, -0.1) is 0 Å². The van der Waals surface area contributed by atoms with E-state index in [0.29, 0.717) is 13.0 Å². The number of ether oxygens (including phenoxy) is 1. The number of carbonyl (C=O) groups excluding carboxylic acids is 1. The highest BCUT2D eigenvalue weighted by Crippen LogP contribution is 2.31. The minimum absolute atomic E-state index is 0.103. The molecular formula is C21H25N3O2S. The lowest BCUT2D eigenvalue weighted by Gasteiger charge is -2.22. The van der Waals surface area contributed by atoms with Crippen LogP contribution in [0.2, 0.25) is 0 Å². The van der Waals surface area contributed by atoms with E-state index in [9.17, 15) is 4.79 Å². The number of rotatable bonds is 8. The van der Waals surface area contributed by atoms with Crippen LogP contribution in [0.25, 0.3) is 10.2 Å². The summed E-state index contributed by atoms with van der Waals surface area (Å²) >= 11 is 1.53. The predicted molar refractivity (Wildman–Crippen MR) is 112 cm³/mol. The molecule has 6 heteroatoms. The molecule has 0 aliphatic rings. The van der Waals surface area contributed by atoms with Gasteiger partial charge in [-0.2, -0.15) is 0 Å². The molecule has 0 atom stereocenters. The van der Waals surface area contributed by atoms with Crippen molar-refractivity contribution >= 4 is 32.6 Å². The van der Waals surface area contributed by atoms with Crippen molar-refractivity contribution in [3.8, 4) is 5.75 Å². The molecule has 0 saturated carbocycles. The minimum atomic E-state index is 0.103. The van der Waals surface area contributed by atoms with E-state index in [-0.39, 0.29) is 5.91 Å². The van der Waals surface area contributed by atoms with Crippen LogP contribution in [0, 0.1) is 0 Å². The number of hydrogen-bond donors (Lipinski definition) is 0. The smallest absolute Gasteiger partial charge is 0.229 e. The molecule has 0 unspecified atom stereocenters. The van der Waals surface area contributed by atoms with Gasteiger partial charge in [-0.05, 0) is 44.3 Å². The summed E-state index contributed by atoms with van der Waals surface area (Å²) in [6.45, 7) is 1.41. The minimum Gasteiger partial charge on any atom is -0.497 e. The lowest BCUT2D eigenvalue weighted by molar-refractivity contribution is -0.118. The van der Waals surface area contributed by atoms with Gasteiger partial charge in [0.1, 0.15) is 5.75 Å². The van der Waals surface area contributed by atoms with Crippen molar-refractivity contribution < 1.29 is 9.53 Å². The largest absolute Gasteiger partial charge is 0.497 e. The maximum atomic E-state index is 13.0. The number of nitrogens with zero attached hydrogens (tertiary/aromatic N) is 3. The van der Waals surface area contributed by atoms with Crippen molar-refractivity contribution in [2.45, 2.75) is 12.8 Å². The van der Waals surface area contributed by atoms with Crippen LogP contribution in [-0.4, -0.2) is 50.1 Å². The van der Waals surface area contributed by atoms with E-state index in [4.69, 9.17) is 9.72 Å². The molecule has 2 aromatic carbocycles. The Labute approximate surface area is 164 Å². The van der Waals surface area contributed by atoms with Crippen molar-refractivity contribution in [1.29, 1.82) is 0 Å². The van der Waals surface area contributed by atoms with E-state index in [0.717, 1.165) is 34.1 Å². The van der Waals surface area contributed by atoms with Gasteiger partial charge in [0.05, 0.1) is 17.3 Å². The summed E-state index contributed by atoms with van der Waals surface area (Å²) in [7, 11) is 5.67. The molecule has 3 aromatic rings. The second-order valence-electron chi connectivity index (χ2n) is 6.66. The molecule has 0 aliphatic heterocycles. The zero-order chi connectivity index (χ0) is 19.2. The van der Waals surface area contributed by atoms with Crippen LogP contribution in [0.3, 0.4) is 0 Å². The molecule has 3 rings (SSSR count). The van der Waals surface area contributed by atoms with Crippen molar-refractivity contribution in [1.82, 2.24) is 9.88 Å². The molecule has 142 valence electrons. The maximum absolute atomic E-state index is 13.0. The zero-order valence-electron chi connectivity index (χ0n) is 16.0. The highest BCUT2D eigenvalue weighted by molar-refractivity contribution is 7.22. The Bertz CT molecular complexity index is 893. The van der Waals surface area contributed by atoms with Crippen LogP contribution < -0.4 is 9.64 Å². The highest BCUT2D eigenvalue weighted by atomic mass is 32.1. The third-order valence-corrected chi connectivity index (χ3v) is 5.40. The second-order valence-corrected chi connectivity index (χ2v) is 7.67. The first-order valence-electron chi connectivity index (χ1n) is 9.00. The lowest BCUT2D eigenvalue weighted by Crippen LogP contribution is -2.36. The van der Waals surface area contributed by atoms with Gasteiger partial charge >= 0.3 is 0 Å². The highest BCUT2D eigenvalue weighted by Gasteiger charge is 2.20. The first kappa shape index (κ1) is 19.3. The van der Waals surface area contributed by atoms with Crippen molar-refractivity contribution in [3.63, 3.8) is 0 Å². The lowest BCUT2D eigenvalue weighted by atomic mass is 10.1. The van der Waals surface area contributed by atoms with Gasteiger partial charge in [0, 0.05) is 19.5 Å². The summed E-state index contributed by atoms with van der Waals surface area (Å²) < 4.78 is 6.32. The number of fused-ring (bicyclic) bond motifs is 1. The number of aromatic nitrogens is 1. The number of thiazole rings is 1. The Morgan fingerprint density at radius 2 is 1.89 bits per heavy atom. The van der Waals surface area contributed by atoms with Crippen LogP contribution >= 0.6 is 11.3 Å². The van der Waals surface area contributed by atoms with Crippen molar-refractivity contribution in [2.24, 2.45) is 0 Å². The Kier molecular flexibility index (Phi) is 6.42. The Morgan fingerprint density at radius 1 is 1.11 bits per heavy atom. The average molecular weight is 384 g/mol. The summed E-state index contributed by atoms with van der Waals surface area (Å²) in [5.41, 5.74) is 2.06. The van der Waals surface area contributed by atoms with Gasteiger partial charge in [0.25, 0.3) is 0 Å². The number of methoxy groups -OCH3 is 1. The normalized spacial score (nSPS) is 11.1. The molecule has 1 heterocycles. The molecule has 0 aliphatic carbocycles. The fourth-order valence-corrected chi connectivity index (χ4v) is 3.83. The first-order chi connectivity index (χ1) is 13.1. The van der Waals surface area contributed by atoms with E-state index in [1.807, 2.05) is 55.4 Å². The number of benzene rings is 2. The van der Waals surface area contributed by atoms with Crippen molar-refractivity contribution in [2.75, 3.05) is 39.2 Å². The fourth-order valence-electron chi connectivity index (χ4n) is 2.79. The SMILES string of the molecule is COc1ccc2nc(N(CCN(C)C)C(=O)CCc3ccccc3)sc2c1. The standard InChI is InChI=1S/C21H25N3O2S/c1-23(2)13-14-24(20(25)12-9-16-7-5-4-6-8-16)21-22-18-11-10-17(26-3)15-19(18)27-21/h4-8,10-11,15H,9,12-14H2,1-3H3. The third-order valence-electron chi connectivity index (χ3n) is 4.36. The van der Waals surface area contributed by atoms with Crippen LogP contribution in [0.4, 0.5) is 5.13 Å². The molecule has 5 nitrogen and oxygen atoms in total. The summed E-state index contributed by atoms with van der Waals surface area (Å²) in [4.78, 5) is 21.6. The Hall–Kier alpha value is -2.44. The summed E-state index contributed by atoms with van der Waals surface area (Å²) in [6.07, 6.45) is 1.20. The third kappa shape index (κ3) is 5.05. The molecule has 1 aromatic heterocycles. The second kappa shape index (κ2) is 8.97. The maximum Gasteiger partial charge on any atom is 0.229 e. The first-order valence-corrected chi connectivity index (χ1v) is 9.82. The number of hydrogen-bond acceptors (Lipinski definition) is 5.